The van der Waals surface area contributed by atoms with E-state index in [2.05, 4.69) is 5.32 Å². The van der Waals surface area contributed by atoms with Crippen LogP contribution in [0.2, 0.25) is 0 Å². The molecule has 0 amide bonds. The van der Waals surface area contributed by atoms with Gasteiger partial charge >= 0.3 is 0 Å². The molecule has 2 N–H and O–H groups in total. The molecule has 0 radical (unpaired) electrons. The number of rotatable bonds is 6. The molecule has 0 aromatic rings. The highest BCUT2D eigenvalue weighted by Crippen LogP contribution is 2.23. The summed E-state index contributed by atoms with van der Waals surface area (Å²) in [5.74, 6) is 0. The van der Waals surface area contributed by atoms with Crippen molar-refractivity contribution in [2.75, 3.05) is 13.2 Å². The molecule has 0 aromatic carbocycles. The molecule has 84 valence electrons. The lowest BCUT2D eigenvalue weighted by atomic mass is 9.89. The highest BCUT2D eigenvalue weighted by atomic mass is 16.5. The van der Waals surface area contributed by atoms with Crippen molar-refractivity contribution in [1.29, 1.82) is 0 Å². The second-order valence-corrected chi connectivity index (χ2v) is 4.76. The molecule has 0 atom stereocenters. The van der Waals surface area contributed by atoms with Crippen molar-refractivity contribution in [2.24, 2.45) is 0 Å². The van der Waals surface area contributed by atoms with Crippen molar-refractivity contribution >= 4 is 0 Å². The van der Waals surface area contributed by atoms with Gasteiger partial charge in [0.05, 0.1) is 11.7 Å². The Morgan fingerprint density at radius 1 is 1.43 bits per heavy atom. The quantitative estimate of drug-likeness (QED) is 0.680. The zero-order valence-electron chi connectivity index (χ0n) is 9.55. The largest absolute Gasteiger partial charge is 0.390 e. The van der Waals surface area contributed by atoms with Gasteiger partial charge in [0.1, 0.15) is 0 Å². The fraction of sp³-hybridized carbons (Fsp3) is 1.00. The van der Waals surface area contributed by atoms with E-state index in [9.17, 15) is 5.11 Å². The summed E-state index contributed by atoms with van der Waals surface area (Å²) in [5, 5.41) is 12.9. The van der Waals surface area contributed by atoms with Gasteiger partial charge in [0, 0.05) is 12.6 Å². The Labute approximate surface area is 86.8 Å². The summed E-state index contributed by atoms with van der Waals surface area (Å²) in [5.41, 5.74) is -0.546. The standard InChI is InChI=1S/C11H23NO2/c1-4-14-10-7-9(8-10)12-6-5-11(2,3)13/h9-10,12-13H,4-8H2,1-3H3. The lowest BCUT2D eigenvalue weighted by molar-refractivity contribution is -0.0115. The molecule has 1 fully saturated rings. The zero-order chi connectivity index (χ0) is 10.6. The summed E-state index contributed by atoms with van der Waals surface area (Å²) < 4.78 is 5.47. The number of hydrogen-bond donors (Lipinski definition) is 2. The van der Waals surface area contributed by atoms with Crippen LogP contribution in [0, 0.1) is 0 Å². The Morgan fingerprint density at radius 3 is 2.57 bits per heavy atom. The van der Waals surface area contributed by atoms with E-state index in [-0.39, 0.29) is 0 Å². The Bertz CT molecular complexity index is 159. The minimum absolute atomic E-state index is 0.472. The number of nitrogens with one attached hydrogen (secondary N) is 1. The minimum atomic E-state index is -0.546. The van der Waals surface area contributed by atoms with Crippen LogP contribution in [0.15, 0.2) is 0 Å². The second-order valence-electron chi connectivity index (χ2n) is 4.76. The van der Waals surface area contributed by atoms with Crippen molar-refractivity contribution in [2.45, 2.75) is 57.8 Å². The summed E-state index contributed by atoms with van der Waals surface area (Å²) >= 11 is 0. The highest BCUT2D eigenvalue weighted by molar-refractivity contribution is 4.86. The van der Waals surface area contributed by atoms with Crippen LogP contribution in [0.3, 0.4) is 0 Å². The predicted octanol–water partition coefficient (Wildman–Crippen LogP) is 1.30. The molecule has 0 aromatic heterocycles. The van der Waals surface area contributed by atoms with E-state index in [0.29, 0.717) is 12.1 Å². The monoisotopic (exact) mass is 201 g/mol. The number of hydrogen-bond acceptors (Lipinski definition) is 3. The molecule has 1 rings (SSSR count). The maximum Gasteiger partial charge on any atom is 0.0604 e. The van der Waals surface area contributed by atoms with Crippen LogP contribution in [0.25, 0.3) is 0 Å². The Morgan fingerprint density at radius 2 is 2.07 bits per heavy atom. The van der Waals surface area contributed by atoms with Crippen LogP contribution < -0.4 is 5.32 Å². The molecule has 14 heavy (non-hydrogen) atoms. The third-order valence-electron chi connectivity index (χ3n) is 2.67. The third kappa shape index (κ3) is 4.40. The smallest absolute Gasteiger partial charge is 0.0604 e. The molecule has 3 nitrogen and oxygen atoms in total. The third-order valence-corrected chi connectivity index (χ3v) is 2.67. The average molecular weight is 201 g/mol. The van der Waals surface area contributed by atoms with Crippen molar-refractivity contribution < 1.29 is 9.84 Å². The fourth-order valence-corrected chi connectivity index (χ4v) is 1.69. The van der Waals surface area contributed by atoms with E-state index in [1.807, 2.05) is 20.8 Å². The van der Waals surface area contributed by atoms with E-state index >= 15 is 0 Å². The Balaban J connectivity index is 1.96. The first-order valence-corrected chi connectivity index (χ1v) is 5.58. The second kappa shape index (κ2) is 5.10. The van der Waals surface area contributed by atoms with E-state index < -0.39 is 5.60 Å². The van der Waals surface area contributed by atoms with Crippen molar-refractivity contribution in [3.8, 4) is 0 Å². The van der Waals surface area contributed by atoms with Gasteiger partial charge in [-0.15, -0.1) is 0 Å². The molecule has 0 saturated heterocycles. The first kappa shape index (κ1) is 12.0. The summed E-state index contributed by atoms with van der Waals surface area (Å²) in [6.07, 6.45) is 3.53. The lowest BCUT2D eigenvalue weighted by Gasteiger charge is -2.36. The molecule has 0 heterocycles. The topological polar surface area (TPSA) is 41.5 Å². The van der Waals surface area contributed by atoms with E-state index in [1.54, 1.807) is 0 Å². The van der Waals surface area contributed by atoms with Gasteiger partial charge in [0.25, 0.3) is 0 Å². The van der Waals surface area contributed by atoms with Crippen LogP contribution in [0.4, 0.5) is 0 Å². The lowest BCUT2D eigenvalue weighted by Crippen LogP contribution is -2.46. The summed E-state index contributed by atoms with van der Waals surface area (Å²) in [6.45, 7) is 7.44. The zero-order valence-corrected chi connectivity index (χ0v) is 9.55. The summed E-state index contributed by atoms with van der Waals surface area (Å²) in [7, 11) is 0. The highest BCUT2D eigenvalue weighted by Gasteiger charge is 2.29. The minimum Gasteiger partial charge on any atom is -0.390 e. The van der Waals surface area contributed by atoms with Crippen LogP contribution >= 0.6 is 0 Å². The van der Waals surface area contributed by atoms with Crippen molar-refractivity contribution in [3.05, 3.63) is 0 Å². The van der Waals surface area contributed by atoms with Gasteiger partial charge < -0.3 is 15.2 Å². The molecule has 0 spiro atoms. The van der Waals surface area contributed by atoms with Gasteiger partial charge in [0.2, 0.25) is 0 Å². The molecule has 3 heteroatoms. The van der Waals surface area contributed by atoms with Gasteiger partial charge in [-0.05, 0) is 46.6 Å². The summed E-state index contributed by atoms with van der Waals surface area (Å²) in [4.78, 5) is 0. The normalized spacial score (nSPS) is 27.4. The van der Waals surface area contributed by atoms with Crippen LogP contribution in [-0.2, 0) is 4.74 Å². The Kier molecular flexibility index (Phi) is 4.35. The fourth-order valence-electron chi connectivity index (χ4n) is 1.69. The van der Waals surface area contributed by atoms with E-state index in [1.165, 1.54) is 0 Å². The van der Waals surface area contributed by atoms with E-state index in [0.717, 1.165) is 32.4 Å². The van der Waals surface area contributed by atoms with Crippen LogP contribution in [-0.4, -0.2) is 36.0 Å². The summed E-state index contributed by atoms with van der Waals surface area (Å²) in [6, 6.07) is 0.605. The number of aliphatic hydroxyl groups is 1. The van der Waals surface area contributed by atoms with Crippen LogP contribution in [0.5, 0.6) is 0 Å². The molecular weight excluding hydrogens is 178 g/mol. The maximum absolute atomic E-state index is 9.49. The first-order chi connectivity index (χ1) is 6.51. The molecule has 1 aliphatic carbocycles. The van der Waals surface area contributed by atoms with Crippen LogP contribution in [0.1, 0.15) is 40.0 Å². The predicted molar refractivity (Wildman–Crippen MR) is 57.4 cm³/mol. The first-order valence-electron chi connectivity index (χ1n) is 5.58. The molecule has 1 aliphatic rings. The average Bonchev–Trinajstić information content (AvgIpc) is 1.97. The van der Waals surface area contributed by atoms with Crippen molar-refractivity contribution in [3.63, 3.8) is 0 Å². The van der Waals surface area contributed by atoms with E-state index in [4.69, 9.17) is 4.74 Å². The van der Waals surface area contributed by atoms with Gasteiger partial charge in [-0.1, -0.05) is 0 Å². The van der Waals surface area contributed by atoms with Gasteiger partial charge in [-0.3, -0.25) is 0 Å². The molecule has 1 saturated carbocycles. The number of ether oxygens (including phenoxy) is 1. The van der Waals surface area contributed by atoms with Gasteiger partial charge in [0.15, 0.2) is 0 Å². The van der Waals surface area contributed by atoms with Crippen molar-refractivity contribution in [1.82, 2.24) is 5.32 Å². The molecule has 0 unspecified atom stereocenters. The molecular formula is C11H23NO2. The molecule has 0 aliphatic heterocycles. The van der Waals surface area contributed by atoms with Gasteiger partial charge in [-0.2, -0.15) is 0 Å². The van der Waals surface area contributed by atoms with Gasteiger partial charge in [-0.25, -0.2) is 0 Å². The maximum atomic E-state index is 9.49. The Hall–Kier alpha value is -0.120. The molecule has 0 bridgehead atoms. The SMILES string of the molecule is CCOC1CC(NCCC(C)(C)O)C1.